The van der Waals surface area contributed by atoms with E-state index in [-0.39, 0.29) is 12.1 Å². The van der Waals surface area contributed by atoms with Gasteiger partial charge in [0.15, 0.2) is 5.82 Å². The normalized spacial score (nSPS) is 17.4. The van der Waals surface area contributed by atoms with Crippen LogP contribution >= 0.6 is 0 Å². The second kappa shape index (κ2) is 5.92. The summed E-state index contributed by atoms with van der Waals surface area (Å²) in [5, 5.41) is 11.2. The molecular weight excluding hydrogens is 270 g/mol. The summed E-state index contributed by atoms with van der Waals surface area (Å²) >= 11 is 0. The Morgan fingerprint density at radius 3 is 2.90 bits per heavy atom. The molecule has 1 fully saturated rings. The molecule has 0 saturated carbocycles. The van der Waals surface area contributed by atoms with Gasteiger partial charge in [0.25, 0.3) is 0 Å². The fourth-order valence-corrected chi connectivity index (χ4v) is 2.26. The predicted molar refractivity (Wildman–Crippen MR) is 77.4 cm³/mol. The van der Waals surface area contributed by atoms with Crippen molar-refractivity contribution in [3.05, 3.63) is 36.5 Å². The predicted octanol–water partition coefficient (Wildman–Crippen LogP) is 1.52. The molecule has 0 radical (unpaired) electrons. The van der Waals surface area contributed by atoms with Gasteiger partial charge in [-0.3, -0.25) is 5.32 Å². The van der Waals surface area contributed by atoms with Crippen molar-refractivity contribution in [1.82, 2.24) is 19.9 Å². The maximum absolute atomic E-state index is 12.1. The summed E-state index contributed by atoms with van der Waals surface area (Å²) in [6.45, 7) is 1.30. The van der Waals surface area contributed by atoms with E-state index in [0.717, 1.165) is 18.7 Å². The van der Waals surface area contributed by atoms with Crippen LogP contribution in [0.25, 0.3) is 5.69 Å². The number of ether oxygens (including phenoxy) is 1. The number of nitrogens with one attached hydrogen (secondary N) is 1. The zero-order chi connectivity index (χ0) is 14.7. The van der Waals surface area contributed by atoms with Crippen LogP contribution in [0.5, 0.6) is 0 Å². The van der Waals surface area contributed by atoms with Crippen molar-refractivity contribution in [2.24, 2.45) is 0 Å². The number of carbonyl (C=O) groups excluding carboxylic acids is 1. The zero-order valence-electron chi connectivity index (χ0n) is 11.8. The molecule has 3 rings (SSSR count). The summed E-state index contributed by atoms with van der Waals surface area (Å²) in [6.07, 6.45) is 2.51. The third-order valence-electron chi connectivity index (χ3n) is 3.48. The molecule has 2 heterocycles. The molecule has 7 nitrogen and oxygen atoms in total. The number of carbonyl (C=O) groups is 1. The maximum atomic E-state index is 12.1. The Bertz CT molecular complexity index is 613. The monoisotopic (exact) mass is 287 g/mol. The number of para-hydroxylation sites is 1. The standard InChI is InChI=1S/C14H17N5O2/c1-21-10-12-7-8-18(12)14(20)16-13-9-15-19(17-13)11-5-3-2-4-6-11/h2-6,9,12H,7-8,10H2,1H3,(H,16,17,20). The number of benzene rings is 1. The summed E-state index contributed by atoms with van der Waals surface area (Å²) in [6, 6.07) is 9.53. The first-order chi connectivity index (χ1) is 10.3. The average molecular weight is 287 g/mol. The minimum absolute atomic E-state index is 0.152. The Balaban J connectivity index is 1.64. The summed E-state index contributed by atoms with van der Waals surface area (Å²) < 4.78 is 5.08. The number of hydrogen-bond acceptors (Lipinski definition) is 4. The van der Waals surface area contributed by atoms with E-state index >= 15 is 0 Å². The summed E-state index contributed by atoms with van der Waals surface area (Å²) in [5.74, 6) is 0.437. The molecule has 1 aromatic heterocycles. The number of likely N-dealkylation sites (tertiary alicyclic amines) is 1. The van der Waals surface area contributed by atoms with Crippen molar-refractivity contribution in [3.8, 4) is 5.69 Å². The van der Waals surface area contributed by atoms with E-state index in [4.69, 9.17) is 4.74 Å². The van der Waals surface area contributed by atoms with Crippen molar-refractivity contribution in [1.29, 1.82) is 0 Å². The number of rotatable bonds is 4. The van der Waals surface area contributed by atoms with E-state index in [0.29, 0.717) is 12.4 Å². The first kappa shape index (κ1) is 13.6. The number of anilines is 1. The Labute approximate surface area is 122 Å². The largest absolute Gasteiger partial charge is 0.383 e. The fraction of sp³-hybridized carbons (Fsp3) is 0.357. The lowest BCUT2D eigenvalue weighted by molar-refractivity contribution is 0.0545. The van der Waals surface area contributed by atoms with E-state index in [2.05, 4.69) is 15.5 Å². The van der Waals surface area contributed by atoms with Gasteiger partial charge in [0.1, 0.15) is 0 Å². The van der Waals surface area contributed by atoms with Crippen LogP contribution in [0.15, 0.2) is 36.5 Å². The number of nitrogens with zero attached hydrogens (tertiary/aromatic N) is 4. The molecule has 1 unspecified atom stereocenters. The van der Waals surface area contributed by atoms with Gasteiger partial charge in [-0.25, -0.2) is 4.79 Å². The van der Waals surface area contributed by atoms with E-state index in [1.54, 1.807) is 12.0 Å². The van der Waals surface area contributed by atoms with Crippen molar-refractivity contribution in [2.45, 2.75) is 12.5 Å². The van der Waals surface area contributed by atoms with Crippen LogP contribution < -0.4 is 5.32 Å². The second-order valence-corrected chi connectivity index (χ2v) is 4.88. The fourth-order valence-electron chi connectivity index (χ4n) is 2.26. The highest BCUT2D eigenvalue weighted by atomic mass is 16.5. The first-order valence-electron chi connectivity index (χ1n) is 6.82. The second-order valence-electron chi connectivity index (χ2n) is 4.88. The lowest BCUT2D eigenvalue weighted by Gasteiger charge is -2.40. The third-order valence-corrected chi connectivity index (χ3v) is 3.48. The molecule has 21 heavy (non-hydrogen) atoms. The SMILES string of the molecule is COCC1CCN1C(=O)Nc1cnn(-c2ccccc2)n1. The maximum Gasteiger partial charge on any atom is 0.323 e. The van der Waals surface area contributed by atoms with Gasteiger partial charge in [-0.15, -0.1) is 9.90 Å². The topological polar surface area (TPSA) is 72.3 Å². The highest BCUT2D eigenvalue weighted by Gasteiger charge is 2.32. The van der Waals surface area contributed by atoms with Gasteiger partial charge < -0.3 is 9.64 Å². The van der Waals surface area contributed by atoms with Gasteiger partial charge in [0.2, 0.25) is 0 Å². The smallest absolute Gasteiger partial charge is 0.323 e. The van der Waals surface area contributed by atoms with Gasteiger partial charge in [-0.1, -0.05) is 18.2 Å². The molecule has 1 aliphatic heterocycles. The minimum atomic E-state index is -0.164. The first-order valence-corrected chi connectivity index (χ1v) is 6.82. The van der Waals surface area contributed by atoms with Crippen molar-refractivity contribution >= 4 is 11.8 Å². The Morgan fingerprint density at radius 1 is 1.43 bits per heavy atom. The molecule has 1 aromatic carbocycles. The third kappa shape index (κ3) is 2.87. The van der Waals surface area contributed by atoms with E-state index in [1.165, 1.54) is 11.0 Å². The Morgan fingerprint density at radius 2 is 2.24 bits per heavy atom. The quantitative estimate of drug-likeness (QED) is 0.925. The van der Waals surface area contributed by atoms with Crippen LogP contribution in [-0.4, -0.2) is 52.2 Å². The molecule has 110 valence electrons. The minimum Gasteiger partial charge on any atom is -0.383 e. The molecule has 1 aliphatic rings. The molecule has 1 N–H and O–H groups in total. The molecule has 1 saturated heterocycles. The highest BCUT2D eigenvalue weighted by molar-refractivity contribution is 5.88. The van der Waals surface area contributed by atoms with E-state index < -0.39 is 0 Å². The molecule has 0 spiro atoms. The number of urea groups is 1. The summed E-state index contributed by atoms with van der Waals surface area (Å²) in [4.78, 5) is 15.3. The van der Waals surface area contributed by atoms with Crippen LogP contribution in [0.2, 0.25) is 0 Å². The Kier molecular flexibility index (Phi) is 3.83. The molecule has 2 amide bonds. The van der Waals surface area contributed by atoms with Crippen LogP contribution in [0.1, 0.15) is 6.42 Å². The molecule has 0 aliphatic carbocycles. The van der Waals surface area contributed by atoms with Crippen LogP contribution in [0.3, 0.4) is 0 Å². The van der Waals surface area contributed by atoms with E-state index in [9.17, 15) is 4.79 Å². The molecular formula is C14H17N5O2. The van der Waals surface area contributed by atoms with Gasteiger partial charge in [0, 0.05) is 13.7 Å². The van der Waals surface area contributed by atoms with Crippen LogP contribution in [0.4, 0.5) is 10.6 Å². The lowest BCUT2D eigenvalue weighted by atomic mass is 10.1. The van der Waals surface area contributed by atoms with Gasteiger partial charge in [-0.2, -0.15) is 5.10 Å². The molecule has 2 aromatic rings. The lowest BCUT2D eigenvalue weighted by Crippen LogP contribution is -2.54. The molecule has 1 atom stereocenters. The van der Waals surface area contributed by atoms with Gasteiger partial charge in [-0.05, 0) is 18.6 Å². The van der Waals surface area contributed by atoms with Crippen LogP contribution in [0, 0.1) is 0 Å². The molecule has 7 heteroatoms. The summed E-state index contributed by atoms with van der Waals surface area (Å²) in [7, 11) is 1.64. The van der Waals surface area contributed by atoms with Crippen molar-refractivity contribution < 1.29 is 9.53 Å². The number of aromatic nitrogens is 3. The van der Waals surface area contributed by atoms with Crippen LogP contribution in [-0.2, 0) is 4.74 Å². The average Bonchev–Trinajstić information content (AvgIpc) is 2.93. The van der Waals surface area contributed by atoms with Gasteiger partial charge >= 0.3 is 6.03 Å². The highest BCUT2D eigenvalue weighted by Crippen LogP contribution is 2.18. The van der Waals surface area contributed by atoms with Crippen molar-refractivity contribution in [3.63, 3.8) is 0 Å². The number of amides is 2. The molecule has 0 bridgehead atoms. The van der Waals surface area contributed by atoms with Gasteiger partial charge in [0.05, 0.1) is 24.5 Å². The Hall–Kier alpha value is -2.41. The summed E-state index contributed by atoms with van der Waals surface area (Å²) in [5.41, 5.74) is 0.846. The number of hydrogen-bond donors (Lipinski definition) is 1. The zero-order valence-corrected chi connectivity index (χ0v) is 11.8. The van der Waals surface area contributed by atoms with E-state index in [1.807, 2.05) is 30.3 Å². The number of methoxy groups -OCH3 is 1. The van der Waals surface area contributed by atoms with Crippen molar-refractivity contribution in [2.75, 3.05) is 25.6 Å².